The molecule has 0 aliphatic carbocycles. The Bertz CT molecular complexity index is 536. The lowest BCUT2D eigenvalue weighted by atomic mass is 10.3. The van der Waals surface area contributed by atoms with Gasteiger partial charge in [0.05, 0.1) is 11.8 Å². The molecule has 0 radical (unpaired) electrons. The van der Waals surface area contributed by atoms with E-state index in [9.17, 15) is 4.79 Å². The average molecular weight is 232 g/mol. The highest BCUT2D eigenvalue weighted by atomic mass is 16.4. The lowest BCUT2D eigenvalue weighted by molar-refractivity contribution is 0.0690. The molecule has 0 bridgehead atoms. The first-order valence-electron chi connectivity index (χ1n) is 5.30. The Morgan fingerprint density at radius 2 is 2.35 bits per heavy atom. The first-order chi connectivity index (χ1) is 8.20. The molecule has 0 atom stereocenters. The van der Waals surface area contributed by atoms with E-state index >= 15 is 0 Å². The molecule has 0 unspecified atom stereocenters. The van der Waals surface area contributed by atoms with Crippen molar-refractivity contribution in [2.75, 3.05) is 0 Å². The van der Waals surface area contributed by atoms with Gasteiger partial charge < -0.3 is 5.11 Å². The van der Waals surface area contributed by atoms with E-state index in [0.29, 0.717) is 5.82 Å². The molecule has 0 saturated heterocycles. The summed E-state index contributed by atoms with van der Waals surface area (Å²) in [6.07, 6.45) is 5.86. The Morgan fingerprint density at radius 1 is 1.53 bits per heavy atom. The van der Waals surface area contributed by atoms with Crippen molar-refractivity contribution in [3.05, 3.63) is 30.4 Å². The maximum Gasteiger partial charge on any atom is 0.354 e. The highest BCUT2D eigenvalue weighted by Crippen LogP contribution is 2.13. The van der Waals surface area contributed by atoms with Crippen LogP contribution >= 0.6 is 0 Å². The molecule has 2 rings (SSSR count). The number of rotatable bonds is 4. The molecule has 2 aromatic rings. The summed E-state index contributed by atoms with van der Waals surface area (Å²) in [5.41, 5.74) is 0.708. The zero-order chi connectivity index (χ0) is 12.3. The molecule has 2 heterocycles. The minimum absolute atomic E-state index is 0.0155. The van der Waals surface area contributed by atoms with Crippen LogP contribution in [0.15, 0.2) is 24.7 Å². The predicted octanol–water partition coefficient (Wildman–Crippen LogP) is 1.45. The molecule has 6 heteroatoms. The summed E-state index contributed by atoms with van der Waals surface area (Å²) in [5.74, 6) is -0.679. The summed E-state index contributed by atoms with van der Waals surface area (Å²) in [6, 6.07) is 1.36. The van der Waals surface area contributed by atoms with Crippen molar-refractivity contribution in [1.29, 1.82) is 0 Å². The van der Waals surface area contributed by atoms with Gasteiger partial charge in [0.1, 0.15) is 0 Å². The second-order valence-electron chi connectivity index (χ2n) is 3.56. The van der Waals surface area contributed by atoms with E-state index in [1.165, 1.54) is 12.3 Å². The van der Waals surface area contributed by atoms with E-state index in [2.05, 4.69) is 22.0 Å². The van der Waals surface area contributed by atoms with Crippen LogP contribution in [0.2, 0.25) is 0 Å². The Labute approximate surface area is 98.0 Å². The summed E-state index contributed by atoms with van der Waals surface area (Å²) in [7, 11) is 0. The Morgan fingerprint density at radius 3 is 3.06 bits per heavy atom. The van der Waals surface area contributed by atoms with Gasteiger partial charge in [-0.25, -0.2) is 14.8 Å². The van der Waals surface area contributed by atoms with E-state index in [1.807, 2.05) is 6.20 Å². The van der Waals surface area contributed by atoms with Gasteiger partial charge in [-0.15, -0.1) is 0 Å². The fraction of sp³-hybridized carbons (Fsp3) is 0.273. The Hall–Kier alpha value is -2.24. The van der Waals surface area contributed by atoms with Crippen molar-refractivity contribution in [2.24, 2.45) is 0 Å². The highest BCUT2D eigenvalue weighted by Gasteiger charge is 2.09. The molecule has 6 nitrogen and oxygen atoms in total. The molecule has 0 amide bonds. The van der Waals surface area contributed by atoms with Gasteiger partial charge in [0.25, 0.3) is 0 Å². The van der Waals surface area contributed by atoms with Crippen LogP contribution in [0, 0.1) is 0 Å². The average Bonchev–Trinajstić information content (AvgIpc) is 2.78. The van der Waals surface area contributed by atoms with Crippen molar-refractivity contribution < 1.29 is 9.90 Å². The van der Waals surface area contributed by atoms with E-state index in [0.717, 1.165) is 18.5 Å². The van der Waals surface area contributed by atoms with Crippen LogP contribution in [0.25, 0.3) is 11.4 Å². The van der Waals surface area contributed by atoms with Crippen LogP contribution < -0.4 is 0 Å². The largest absolute Gasteiger partial charge is 0.477 e. The molecule has 0 fully saturated rings. The second kappa shape index (κ2) is 4.73. The molecule has 17 heavy (non-hydrogen) atoms. The Balaban J connectivity index is 2.32. The molecule has 2 aromatic heterocycles. The summed E-state index contributed by atoms with van der Waals surface area (Å²) >= 11 is 0. The lowest BCUT2D eigenvalue weighted by Gasteiger charge is -1.97. The number of aromatic carboxylic acids is 1. The number of aryl methyl sites for hydroxylation is 1. The molecule has 1 N–H and O–H groups in total. The molecule has 88 valence electrons. The predicted molar refractivity (Wildman–Crippen MR) is 60.5 cm³/mol. The molecule has 0 saturated carbocycles. The van der Waals surface area contributed by atoms with Gasteiger partial charge in [-0.3, -0.25) is 4.68 Å². The van der Waals surface area contributed by atoms with Crippen molar-refractivity contribution >= 4 is 5.97 Å². The fourth-order valence-corrected chi connectivity index (χ4v) is 1.45. The molecular formula is C11H12N4O2. The highest BCUT2D eigenvalue weighted by molar-refractivity contribution is 5.85. The molecular weight excluding hydrogens is 220 g/mol. The molecule has 0 aliphatic rings. The van der Waals surface area contributed by atoms with Gasteiger partial charge in [-0.2, -0.15) is 5.10 Å². The second-order valence-corrected chi connectivity index (χ2v) is 3.56. The van der Waals surface area contributed by atoms with Crippen LogP contribution in [0.5, 0.6) is 0 Å². The number of hydrogen-bond donors (Lipinski definition) is 1. The standard InChI is InChI=1S/C11H12N4O2/c1-2-5-15-7-8(6-13-15)10-12-4-3-9(14-10)11(16)17/h3-4,6-7H,2,5H2,1H3,(H,16,17). The third kappa shape index (κ3) is 2.47. The lowest BCUT2D eigenvalue weighted by Crippen LogP contribution is -2.02. The third-order valence-electron chi connectivity index (χ3n) is 2.22. The fourth-order valence-electron chi connectivity index (χ4n) is 1.45. The van der Waals surface area contributed by atoms with Gasteiger partial charge in [0, 0.05) is 18.9 Å². The van der Waals surface area contributed by atoms with Crippen LogP contribution in [-0.4, -0.2) is 30.8 Å². The molecule has 0 spiro atoms. The van der Waals surface area contributed by atoms with Crippen LogP contribution in [-0.2, 0) is 6.54 Å². The minimum Gasteiger partial charge on any atom is -0.477 e. The summed E-state index contributed by atoms with van der Waals surface area (Å²) < 4.78 is 1.78. The van der Waals surface area contributed by atoms with Crippen LogP contribution in [0.3, 0.4) is 0 Å². The quantitative estimate of drug-likeness (QED) is 0.862. The van der Waals surface area contributed by atoms with E-state index in [4.69, 9.17) is 5.11 Å². The van der Waals surface area contributed by atoms with Gasteiger partial charge in [0.15, 0.2) is 11.5 Å². The summed E-state index contributed by atoms with van der Waals surface area (Å²) in [5, 5.41) is 13.0. The van der Waals surface area contributed by atoms with Crippen LogP contribution in [0.4, 0.5) is 0 Å². The molecule has 0 aromatic carbocycles. The maximum absolute atomic E-state index is 10.8. The number of carboxylic acids is 1. The topological polar surface area (TPSA) is 80.9 Å². The van der Waals surface area contributed by atoms with Gasteiger partial charge in [0.2, 0.25) is 0 Å². The molecule has 0 aliphatic heterocycles. The van der Waals surface area contributed by atoms with E-state index in [1.54, 1.807) is 10.9 Å². The van der Waals surface area contributed by atoms with Gasteiger partial charge in [-0.05, 0) is 12.5 Å². The zero-order valence-electron chi connectivity index (χ0n) is 9.37. The zero-order valence-corrected chi connectivity index (χ0v) is 9.37. The smallest absolute Gasteiger partial charge is 0.354 e. The third-order valence-corrected chi connectivity index (χ3v) is 2.22. The van der Waals surface area contributed by atoms with Crippen molar-refractivity contribution in [3.63, 3.8) is 0 Å². The minimum atomic E-state index is -1.06. The SMILES string of the molecule is CCCn1cc(-c2nccc(C(=O)O)n2)cn1. The number of aromatic nitrogens is 4. The van der Waals surface area contributed by atoms with Gasteiger partial charge >= 0.3 is 5.97 Å². The Kier molecular flexibility index (Phi) is 3.13. The van der Waals surface area contributed by atoms with Gasteiger partial charge in [-0.1, -0.05) is 6.92 Å². The van der Waals surface area contributed by atoms with Crippen molar-refractivity contribution in [2.45, 2.75) is 19.9 Å². The number of hydrogen-bond acceptors (Lipinski definition) is 4. The van der Waals surface area contributed by atoms with Crippen molar-refractivity contribution in [3.8, 4) is 11.4 Å². The van der Waals surface area contributed by atoms with E-state index < -0.39 is 5.97 Å². The summed E-state index contributed by atoms with van der Waals surface area (Å²) in [6.45, 7) is 2.88. The normalized spacial score (nSPS) is 10.4. The first kappa shape index (κ1) is 11.3. The number of carboxylic acid groups (broad SMARTS) is 1. The number of carbonyl (C=O) groups is 1. The van der Waals surface area contributed by atoms with Crippen molar-refractivity contribution in [1.82, 2.24) is 19.7 Å². The maximum atomic E-state index is 10.8. The monoisotopic (exact) mass is 232 g/mol. The van der Waals surface area contributed by atoms with Crippen LogP contribution in [0.1, 0.15) is 23.8 Å². The van der Waals surface area contributed by atoms with E-state index in [-0.39, 0.29) is 5.69 Å². The first-order valence-corrected chi connectivity index (χ1v) is 5.30. The summed E-state index contributed by atoms with van der Waals surface area (Å²) in [4.78, 5) is 18.8. The number of nitrogens with zero attached hydrogens (tertiary/aromatic N) is 4.